The molecule has 1 aromatic carbocycles. The lowest BCUT2D eigenvalue weighted by molar-refractivity contribution is 0.0958. The maximum absolute atomic E-state index is 12.3. The van der Waals surface area contributed by atoms with Crippen molar-refractivity contribution in [2.24, 2.45) is 0 Å². The second-order valence-corrected chi connectivity index (χ2v) is 4.78. The first kappa shape index (κ1) is 14.9. The van der Waals surface area contributed by atoms with Gasteiger partial charge in [0.15, 0.2) is 4.77 Å². The van der Waals surface area contributed by atoms with Crippen LogP contribution < -0.4 is 10.9 Å². The van der Waals surface area contributed by atoms with E-state index < -0.39 is 0 Å². The Morgan fingerprint density at radius 2 is 2.14 bits per heavy atom. The molecule has 1 heterocycles. The molecule has 0 unspecified atom stereocenters. The van der Waals surface area contributed by atoms with Crippen LogP contribution >= 0.6 is 12.2 Å². The van der Waals surface area contributed by atoms with Gasteiger partial charge in [0.1, 0.15) is 0 Å². The molecule has 0 aliphatic heterocycles. The van der Waals surface area contributed by atoms with Crippen LogP contribution in [0.2, 0.25) is 0 Å². The Morgan fingerprint density at radius 1 is 1.38 bits per heavy atom. The highest BCUT2D eigenvalue weighted by molar-refractivity contribution is 7.71. The summed E-state index contributed by atoms with van der Waals surface area (Å²) in [5, 5.41) is 3.16. The van der Waals surface area contributed by atoms with Gasteiger partial charge in [-0.05, 0) is 30.4 Å². The number of nitrogens with one attached hydrogen (secondary N) is 2. The van der Waals surface area contributed by atoms with Gasteiger partial charge in [0.25, 0.3) is 11.5 Å². The molecule has 1 amide bonds. The molecule has 0 spiro atoms. The smallest absolute Gasteiger partial charge is 0.262 e. The fraction of sp³-hybridized carbons (Fsp3) is 0.133. The molecule has 0 saturated heterocycles. The Hall–Kier alpha value is -2.47. The predicted molar refractivity (Wildman–Crippen MR) is 86.1 cm³/mol. The third kappa shape index (κ3) is 3.00. The lowest BCUT2D eigenvalue weighted by Gasteiger charge is -2.07. The molecule has 5 nitrogen and oxygen atoms in total. The van der Waals surface area contributed by atoms with Crippen molar-refractivity contribution in [3.63, 3.8) is 0 Å². The van der Waals surface area contributed by atoms with E-state index in [1.54, 1.807) is 30.4 Å². The first-order valence-electron chi connectivity index (χ1n) is 6.35. The molecule has 0 saturated carbocycles. The molecule has 0 bridgehead atoms. The number of hydrogen-bond donors (Lipinski definition) is 2. The van der Waals surface area contributed by atoms with E-state index in [0.717, 1.165) is 0 Å². The number of benzene rings is 1. The van der Waals surface area contributed by atoms with Gasteiger partial charge in [0.05, 0.1) is 10.9 Å². The van der Waals surface area contributed by atoms with Gasteiger partial charge in [-0.15, -0.1) is 13.2 Å². The zero-order chi connectivity index (χ0) is 15.4. The standard InChI is InChI=1S/C15H15N3O2S/c1-3-7-16-13(19)10-5-6-11-12(9-10)17-15(21)18(8-4-2)14(11)20/h3-6,9H,1-2,7-8H2,(H,16,19)(H,17,21). The number of aromatic amines is 1. The summed E-state index contributed by atoms with van der Waals surface area (Å²) in [6.45, 7) is 7.86. The van der Waals surface area contributed by atoms with Crippen molar-refractivity contribution in [3.05, 3.63) is 64.2 Å². The molecule has 21 heavy (non-hydrogen) atoms. The van der Waals surface area contributed by atoms with Gasteiger partial charge in [0, 0.05) is 18.7 Å². The molecule has 0 radical (unpaired) electrons. The van der Waals surface area contributed by atoms with Crippen molar-refractivity contribution in [1.29, 1.82) is 0 Å². The Kier molecular flexibility index (Phi) is 4.49. The van der Waals surface area contributed by atoms with E-state index in [2.05, 4.69) is 23.5 Å². The fourth-order valence-electron chi connectivity index (χ4n) is 1.96. The Bertz CT molecular complexity index is 833. The van der Waals surface area contributed by atoms with E-state index in [4.69, 9.17) is 12.2 Å². The maximum Gasteiger partial charge on any atom is 0.262 e. The number of carbonyl (C=O) groups is 1. The summed E-state index contributed by atoms with van der Waals surface area (Å²) in [6.07, 6.45) is 3.20. The van der Waals surface area contributed by atoms with Crippen molar-refractivity contribution in [2.45, 2.75) is 6.54 Å². The van der Waals surface area contributed by atoms with Gasteiger partial charge < -0.3 is 10.3 Å². The zero-order valence-corrected chi connectivity index (χ0v) is 12.2. The number of nitrogens with zero attached hydrogens (tertiary/aromatic N) is 1. The number of carbonyl (C=O) groups excluding carboxylic acids is 1. The van der Waals surface area contributed by atoms with Crippen LogP contribution in [0.3, 0.4) is 0 Å². The van der Waals surface area contributed by atoms with Crippen molar-refractivity contribution in [2.75, 3.05) is 6.54 Å². The Morgan fingerprint density at radius 3 is 2.81 bits per heavy atom. The second-order valence-electron chi connectivity index (χ2n) is 4.39. The SMILES string of the molecule is C=CCNC(=O)c1ccc2c(=O)n(CC=C)c(=S)[nH]c2c1. The normalized spacial score (nSPS) is 10.3. The molecule has 0 aliphatic rings. The van der Waals surface area contributed by atoms with Crippen LogP contribution in [0.5, 0.6) is 0 Å². The Labute approximate surface area is 126 Å². The minimum Gasteiger partial charge on any atom is -0.349 e. The molecule has 108 valence electrons. The number of allylic oxidation sites excluding steroid dienone is 1. The molecule has 1 aromatic heterocycles. The summed E-state index contributed by atoms with van der Waals surface area (Å²) in [5.74, 6) is -0.230. The molecule has 0 atom stereocenters. The van der Waals surface area contributed by atoms with E-state index >= 15 is 0 Å². The predicted octanol–water partition coefficient (Wildman–Crippen LogP) is 2.16. The lowest BCUT2D eigenvalue weighted by Crippen LogP contribution is -2.24. The number of aromatic nitrogens is 2. The summed E-state index contributed by atoms with van der Waals surface area (Å²) < 4.78 is 1.72. The minimum atomic E-state index is -0.230. The summed E-state index contributed by atoms with van der Waals surface area (Å²) >= 11 is 5.16. The average molecular weight is 301 g/mol. The largest absolute Gasteiger partial charge is 0.349 e. The third-order valence-corrected chi connectivity index (χ3v) is 3.29. The maximum atomic E-state index is 12.3. The minimum absolute atomic E-state index is 0.202. The topological polar surface area (TPSA) is 66.9 Å². The molecule has 2 rings (SSSR count). The van der Waals surface area contributed by atoms with Crippen LogP contribution in [0, 0.1) is 4.77 Å². The van der Waals surface area contributed by atoms with Crippen molar-refractivity contribution < 1.29 is 4.79 Å². The van der Waals surface area contributed by atoms with E-state index in [-0.39, 0.29) is 11.5 Å². The summed E-state index contributed by atoms with van der Waals surface area (Å²) in [7, 11) is 0. The third-order valence-electron chi connectivity index (χ3n) is 2.96. The highest BCUT2D eigenvalue weighted by Crippen LogP contribution is 2.11. The molecular formula is C15H15N3O2S. The molecule has 2 N–H and O–H groups in total. The number of H-pyrrole nitrogens is 1. The van der Waals surface area contributed by atoms with Crippen molar-refractivity contribution in [3.8, 4) is 0 Å². The van der Waals surface area contributed by atoms with Crippen LogP contribution in [0.25, 0.3) is 10.9 Å². The number of amides is 1. The van der Waals surface area contributed by atoms with Crippen LogP contribution in [0.15, 0.2) is 48.3 Å². The summed E-state index contributed by atoms with van der Waals surface area (Å²) in [5.41, 5.74) is 0.791. The van der Waals surface area contributed by atoms with Crippen LogP contribution in [0.4, 0.5) is 0 Å². The van der Waals surface area contributed by atoms with Crippen LogP contribution in [0.1, 0.15) is 10.4 Å². The fourth-order valence-corrected chi connectivity index (χ4v) is 2.22. The quantitative estimate of drug-likeness (QED) is 0.657. The Balaban J connectivity index is 2.55. The summed E-state index contributed by atoms with van der Waals surface area (Å²) in [6, 6.07) is 4.84. The average Bonchev–Trinajstić information content (AvgIpc) is 2.48. The van der Waals surface area contributed by atoms with E-state index in [1.807, 2.05) is 0 Å². The number of rotatable bonds is 5. The number of fused-ring (bicyclic) bond motifs is 1. The highest BCUT2D eigenvalue weighted by atomic mass is 32.1. The molecule has 0 aliphatic carbocycles. The molecule has 6 heteroatoms. The van der Waals surface area contributed by atoms with Gasteiger partial charge >= 0.3 is 0 Å². The van der Waals surface area contributed by atoms with Crippen LogP contribution in [-0.4, -0.2) is 22.0 Å². The monoisotopic (exact) mass is 301 g/mol. The zero-order valence-electron chi connectivity index (χ0n) is 11.4. The van der Waals surface area contributed by atoms with E-state index in [9.17, 15) is 9.59 Å². The first-order valence-corrected chi connectivity index (χ1v) is 6.76. The molecular weight excluding hydrogens is 286 g/mol. The molecule has 2 aromatic rings. The van der Waals surface area contributed by atoms with Crippen LogP contribution in [-0.2, 0) is 6.54 Å². The number of hydrogen-bond acceptors (Lipinski definition) is 3. The molecule has 0 fully saturated rings. The van der Waals surface area contributed by atoms with E-state index in [1.165, 1.54) is 4.57 Å². The van der Waals surface area contributed by atoms with Crippen molar-refractivity contribution in [1.82, 2.24) is 14.9 Å². The highest BCUT2D eigenvalue weighted by Gasteiger charge is 2.09. The van der Waals surface area contributed by atoms with Gasteiger partial charge in [-0.2, -0.15) is 0 Å². The van der Waals surface area contributed by atoms with Gasteiger partial charge in [-0.3, -0.25) is 14.2 Å². The first-order chi connectivity index (χ1) is 10.1. The van der Waals surface area contributed by atoms with Gasteiger partial charge in [-0.25, -0.2) is 0 Å². The summed E-state index contributed by atoms with van der Waals surface area (Å²) in [4.78, 5) is 27.2. The van der Waals surface area contributed by atoms with Crippen molar-refractivity contribution >= 4 is 29.0 Å². The second kappa shape index (κ2) is 6.32. The lowest BCUT2D eigenvalue weighted by atomic mass is 10.1. The van der Waals surface area contributed by atoms with Gasteiger partial charge in [-0.1, -0.05) is 12.2 Å². The van der Waals surface area contributed by atoms with E-state index in [0.29, 0.717) is 34.3 Å². The van der Waals surface area contributed by atoms with Gasteiger partial charge in [0.2, 0.25) is 0 Å².